The lowest BCUT2D eigenvalue weighted by molar-refractivity contribution is -0.438. The first kappa shape index (κ1) is 25.8. The van der Waals surface area contributed by atoms with Crippen LogP contribution in [-0.2, 0) is 19.5 Å². The summed E-state index contributed by atoms with van der Waals surface area (Å²) in [5, 5.41) is -6.35. The largest absolute Gasteiger partial charge is 0.455 e. The van der Waals surface area contributed by atoms with Crippen molar-refractivity contribution in [3.63, 3.8) is 0 Å². The van der Waals surface area contributed by atoms with E-state index in [0.29, 0.717) is 25.7 Å². The Morgan fingerprint density at radius 3 is 1.93 bits per heavy atom. The summed E-state index contributed by atoms with van der Waals surface area (Å²) >= 11 is -0.299. The summed E-state index contributed by atoms with van der Waals surface area (Å²) in [5.41, 5.74) is 0. The van der Waals surface area contributed by atoms with Gasteiger partial charge in [-0.15, -0.1) is 4.40 Å². The molecule has 30 heavy (non-hydrogen) atoms. The number of ether oxygens (including phenoxy) is 2. The first-order valence-corrected chi connectivity index (χ1v) is 11.1. The number of hydrogen-bond acceptors (Lipinski definition) is 4. The van der Waals surface area contributed by atoms with Gasteiger partial charge in [-0.3, -0.25) is 0 Å². The van der Waals surface area contributed by atoms with Gasteiger partial charge in [0.25, 0.3) is 0 Å². The SMILES string of the molecule is O=S(=O)(/N=C(\C1CCCC1)N1CCOCC1)C(F)(F)C(F)(F)OC(F)(F)C(F)(F)I. The number of nitrogens with zero attached hydrogens (tertiary/aromatic N) is 2. The lowest BCUT2D eigenvalue weighted by atomic mass is 10.1. The van der Waals surface area contributed by atoms with Crippen LogP contribution in [0.4, 0.5) is 35.1 Å². The highest BCUT2D eigenvalue weighted by Gasteiger charge is 2.74. The molecule has 0 spiro atoms. The molecule has 1 saturated heterocycles. The lowest BCUT2D eigenvalue weighted by Gasteiger charge is -2.33. The van der Waals surface area contributed by atoms with Crippen molar-refractivity contribution in [1.82, 2.24) is 4.90 Å². The van der Waals surface area contributed by atoms with Gasteiger partial charge in [0.15, 0.2) is 0 Å². The maximum absolute atomic E-state index is 14.1. The van der Waals surface area contributed by atoms with Gasteiger partial charge in [0, 0.05) is 41.6 Å². The molecule has 0 amide bonds. The summed E-state index contributed by atoms with van der Waals surface area (Å²) < 4.78 is 136. The molecule has 0 atom stereocenters. The van der Waals surface area contributed by atoms with Crippen LogP contribution in [0.5, 0.6) is 0 Å². The Labute approximate surface area is 180 Å². The third-order valence-corrected chi connectivity index (χ3v) is 6.46. The maximum Gasteiger partial charge on any atom is 0.455 e. The van der Waals surface area contributed by atoms with Crippen molar-refractivity contribution in [1.29, 1.82) is 0 Å². The Bertz CT molecular complexity index is 748. The molecule has 0 aromatic rings. The van der Waals surface area contributed by atoms with E-state index in [1.165, 1.54) is 4.90 Å². The second-order valence-corrected chi connectivity index (χ2v) is 9.66. The summed E-state index contributed by atoms with van der Waals surface area (Å²) in [6.07, 6.45) is -10.7. The van der Waals surface area contributed by atoms with Crippen molar-refractivity contribution >= 4 is 38.4 Å². The first-order valence-electron chi connectivity index (χ1n) is 8.59. The fraction of sp³-hybridized carbons (Fsp3) is 0.929. The molecule has 0 aromatic carbocycles. The highest BCUT2D eigenvalue weighted by molar-refractivity contribution is 14.1. The number of sulfonamides is 1. The second kappa shape index (κ2) is 8.80. The van der Waals surface area contributed by atoms with Crippen LogP contribution in [0.1, 0.15) is 25.7 Å². The Balaban J connectivity index is 2.41. The van der Waals surface area contributed by atoms with Gasteiger partial charge in [0.2, 0.25) is 0 Å². The van der Waals surface area contributed by atoms with Crippen molar-refractivity contribution < 1.29 is 53.0 Å². The smallest absolute Gasteiger partial charge is 0.378 e. The van der Waals surface area contributed by atoms with Crippen molar-refractivity contribution in [3.05, 3.63) is 0 Å². The molecule has 6 nitrogen and oxygen atoms in total. The predicted octanol–water partition coefficient (Wildman–Crippen LogP) is 4.06. The summed E-state index contributed by atoms with van der Waals surface area (Å²) in [4.78, 5) is 1.28. The third-order valence-electron chi connectivity index (χ3n) is 4.52. The minimum absolute atomic E-state index is 0.0441. The average Bonchev–Trinajstić information content (AvgIpc) is 3.12. The zero-order valence-corrected chi connectivity index (χ0v) is 18.0. The molecular formula is C14H17F8IN2O4S. The number of halogens is 9. The second-order valence-electron chi connectivity index (χ2n) is 6.66. The van der Waals surface area contributed by atoms with E-state index in [2.05, 4.69) is 9.13 Å². The van der Waals surface area contributed by atoms with Crippen LogP contribution < -0.4 is 0 Å². The molecule has 16 heteroatoms. The topological polar surface area (TPSA) is 68.2 Å². The van der Waals surface area contributed by atoms with E-state index in [0.717, 1.165) is 0 Å². The quantitative estimate of drug-likeness (QED) is 0.148. The molecule has 1 aliphatic carbocycles. The fourth-order valence-electron chi connectivity index (χ4n) is 2.98. The maximum atomic E-state index is 14.1. The van der Waals surface area contributed by atoms with Crippen LogP contribution in [0.15, 0.2) is 4.40 Å². The molecule has 0 radical (unpaired) electrons. The Kier molecular flexibility index (Phi) is 7.56. The summed E-state index contributed by atoms with van der Waals surface area (Å²) in [6.45, 7) is 0.279. The first-order chi connectivity index (χ1) is 13.5. The van der Waals surface area contributed by atoms with E-state index in [1.54, 1.807) is 0 Å². The number of rotatable bonds is 7. The number of amidine groups is 1. The standard InChI is InChI=1S/C14H17F8IN2O4S/c15-11(16,23)12(17,18)29-13(19,20)14(21,22)30(26,27)24-10(9-3-1-2-4-9)25-5-7-28-8-6-25/h9H,1-8H2/b24-10+. The number of hydrogen-bond donors (Lipinski definition) is 0. The van der Waals surface area contributed by atoms with Crippen molar-refractivity contribution in [2.75, 3.05) is 26.3 Å². The van der Waals surface area contributed by atoms with E-state index < -0.39 is 43.2 Å². The van der Waals surface area contributed by atoms with Gasteiger partial charge in [0.1, 0.15) is 5.84 Å². The zero-order valence-electron chi connectivity index (χ0n) is 15.1. The van der Waals surface area contributed by atoms with Crippen LogP contribution in [0.3, 0.4) is 0 Å². The normalized spacial score (nSPS) is 21.4. The predicted molar refractivity (Wildman–Crippen MR) is 95.6 cm³/mol. The molecule has 0 bridgehead atoms. The zero-order chi connectivity index (χ0) is 23.0. The van der Waals surface area contributed by atoms with Crippen molar-refractivity contribution in [3.8, 4) is 0 Å². The number of morpholine rings is 1. The van der Waals surface area contributed by atoms with Crippen LogP contribution in [0, 0.1) is 5.92 Å². The van der Waals surface area contributed by atoms with E-state index in [-0.39, 0.29) is 48.9 Å². The van der Waals surface area contributed by atoms with Gasteiger partial charge in [-0.1, -0.05) is 12.8 Å². The monoisotopic (exact) mass is 588 g/mol. The van der Waals surface area contributed by atoms with Crippen LogP contribution in [0.2, 0.25) is 0 Å². The molecule has 1 heterocycles. The minimum atomic E-state index is -6.50. The van der Waals surface area contributed by atoms with Gasteiger partial charge in [-0.25, -0.2) is 4.74 Å². The molecule has 2 fully saturated rings. The molecule has 1 aliphatic heterocycles. The summed E-state index contributed by atoms with van der Waals surface area (Å²) in [5.74, 6) is -1.06. The molecular weight excluding hydrogens is 571 g/mol. The lowest BCUT2D eigenvalue weighted by Crippen LogP contribution is -2.54. The third kappa shape index (κ3) is 5.28. The minimum Gasteiger partial charge on any atom is -0.378 e. The Morgan fingerprint density at radius 1 is 0.967 bits per heavy atom. The van der Waals surface area contributed by atoms with E-state index in [4.69, 9.17) is 4.74 Å². The summed E-state index contributed by atoms with van der Waals surface area (Å²) in [7, 11) is -6.50. The van der Waals surface area contributed by atoms with Crippen molar-refractivity contribution in [2.24, 2.45) is 10.3 Å². The molecule has 1 saturated carbocycles. The van der Waals surface area contributed by atoms with E-state index >= 15 is 0 Å². The van der Waals surface area contributed by atoms with Gasteiger partial charge >= 0.3 is 31.4 Å². The Morgan fingerprint density at radius 2 is 1.47 bits per heavy atom. The fourth-order valence-corrected chi connectivity index (χ4v) is 4.05. The highest BCUT2D eigenvalue weighted by Crippen LogP contribution is 2.49. The van der Waals surface area contributed by atoms with Crippen LogP contribution in [0.25, 0.3) is 0 Å². The van der Waals surface area contributed by atoms with E-state index in [9.17, 15) is 43.5 Å². The van der Waals surface area contributed by atoms with Crippen LogP contribution >= 0.6 is 22.6 Å². The Hall–Kier alpha value is -0.490. The average molecular weight is 588 g/mol. The van der Waals surface area contributed by atoms with Crippen molar-refractivity contribution in [2.45, 2.75) is 47.1 Å². The van der Waals surface area contributed by atoms with Gasteiger partial charge in [-0.2, -0.15) is 43.5 Å². The van der Waals surface area contributed by atoms with Gasteiger partial charge < -0.3 is 9.64 Å². The summed E-state index contributed by atoms with van der Waals surface area (Å²) in [6, 6.07) is 0. The molecule has 2 rings (SSSR count). The van der Waals surface area contributed by atoms with Gasteiger partial charge in [0.05, 0.1) is 13.2 Å². The van der Waals surface area contributed by atoms with Crippen LogP contribution in [-0.4, -0.2) is 66.9 Å². The molecule has 2 aliphatic rings. The molecule has 0 aromatic heterocycles. The molecule has 0 unspecified atom stereocenters. The van der Waals surface area contributed by atoms with Gasteiger partial charge in [-0.05, 0) is 12.8 Å². The molecule has 176 valence electrons. The van der Waals surface area contributed by atoms with E-state index in [1.807, 2.05) is 0 Å². The number of alkyl halides is 9. The highest BCUT2D eigenvalue weighted by atomic mass is 127. The molecule has 0 N–H and O–H groups in total.